The van der Waals surface area contributed by atoms with E-state index in [0.29, 0.717) is 5.69 Å². The molecule has 1 amide bonds. The number of carbonyl (C=O) groups is 1. The molecule has 19 heavy (non-hydrogen) atoms. The number of anilines is 1. The van der Waals surface area contributed by atoms with Gasteiger partial charge in [-0.2, -0.15) is 0 Å². The van der Waals surface area contributed by atoms with Crippen LogP contribution in [0.2, 0.25) is 0 Å². The molecule has 0 aliphatic carbocycles. The summed E-state index contributed by atoms with van der Waals surface area (Å²) in [5.74, 6) is -0.0941. The molecule has 1 aromatic heterocycles. The highest BCUT2D eigenvalue weighted by Crippen LogP contribution is 2.11. The molecule has 0 aliphatic rings. The van der Waals surface area contributed by atoms with E-state index >= 15 is 0 Å². The van der Waals surface area contributed by atoms with Gasteiger partial charge in [-0.3, -0.25) is 9.78 Å². The van der Waals surface area contributed by atoms with Gasteiger partial charge in [-0.25, -0.2) is 0 Å². The van der Waals surface area contributed by atoms with E-state index in [1.165, 1.54) is 10.5 Å². The average Bonchev–Trinajstić information content (AvgIpc) is 2.45. The number of rotatable bonds is 4. The minimum absolute atomic E-state index is 0.0941. The molecule has 2 rings (SSSR count). The summed E-state index contributed by atoms with van der Waals surface area (Å²) in [5.41, 5.74) is 2.53. The van der Waals surface area contributed by atoms with Crippen LogP contribution in [0.3, 0.4) is 0 Å². The Hall–Kier alpha value is -2.36. The van der Waals surface area contributed by atoms with E-state index in [-0.39, 0.29) is 5.91 Å². The lowest BCUT2D eigenvalue weighted by Gasteiger charge is -2.11. The Kier molecular flexibility index (Phi) is 4.13. The summed E-state index contributed by atoms with van der Waals surface area (Å²) in [7, 11) is 3.43. The van der Waals surface area contributed by atoms with Crippen molar-refractivity contribution in [2.75, 3.05) is 19.4 Å². The maximum Gasteiger partial charge on any atom is 0.272 e. The normalized spacial score (nSPS) is 10.0. The van der Waals surface area contributed by atoms with Crippen molar-refractivity contribution in [1.29, 1.82) is 0 Å². The predicted octanol–water partition coefficient (Wildman–Crippen LogP) is 2.40. The van der Waals surface area contributed by atoms with E-state index in [4.69, 9.17) is 0 Å². The molecule has 0 radical (unpaired) electrons. The summed E-state index contributed by atoms with van der Waals surface area (Å²) in [4.78, 5) is 17.4. The second-order valence-corrected chi connectivity index (χ2v) is 4.47. The number of hydrogen-bond acceptors (Lipinski definition) is 3. The number of carbonyl (C=O) groups excluding carboxylic acids is 1. The van der Waals surface area contributed by atoms with Crippen molar-refractivity contribution in [2.24, 2.45) is 0 Å². The van der Waals surface area contributed by atoms with Crippen LogP contribution in [0.4, 0.5) is 5.69 Å². The number of hydrogen-bond donors (Lipinski definition) is 1. The maximum absolute atomic E-state index is 11.8. The molecule has 0 aliphatic heterocycles. The van der Waals surface area contributed by atoms with Crippen molar-refractivity contribution in [3.05, 3.63) is 59.9 Å². The van der Waals surface area contributed by atoms with E-state index in [2.05, 4.69) is 22.4 Å². The Morgan fingerprint density at radius 2 is 1.95 bits per heavy atom. The van der Waals surface area contributed by atoms with Crippen molar-refractivity contribution in [3.8, 4) is 0 Å². The number of nitrogens with zero attached hydrogens (tertiary/aromatic N) is 2. The number of pyridine rings is 1. The lowest BCUT2D eigenvalue weighted by atomic mass is 10.2. The van der Waals surface area contributed by atoms with Gasteiger partial charge in [-0.05, 0) is 17.7 Å². The minimum atomic E-state index is -0.0941. The molecule has 98 valence electrons. The fourth-order valence-electron chi connectivity index (χ4n) is 1.69. The fraction of sp³-hybridized carbons (Fsp3) is 0.200. The molecule has 0 atom stereocenters. The van der Waals surface area contributed by atoms with Crippen LogP contribution in [0.1, 0.15) is 16.1 Å². The van der Waals surface area contributed by atoms with Crippen LogP contribution >= 0.6 is 0 Å². The number of nitrogens with one attached hydrogen (secondary N) is 1. The Morgan fingerprint density at radius 1 is 1.21 bits per heavy atom. The van der Waals surface area contributed by atoms with Crippen LogP contribution in [0, 0.1) is 0 Å². The summed E-state index contributed by atoms with van der Waals surface area (Å²) in [6, 6.07) is 13.7. The lowest BCUT2D eigenvalue weighted by Crippen LogP contribution is -2.22. The van der Waals surface area contributed by atoms with E-state index in [9.17, 15) is 4.79 Å². The molecule has 1 heterocycles. The lowest BCUT2D eigenvalue weighted by molar-refractivity contribution is 0.0822. The topological polar surface area (TPSA) is 45.2 Å². The first kappa shape index (κ1) is 13.1. The van der Waals surface area contributed by atoms with Crippen molar-refractivity contribution >= 4 is 11.6 Å². The minimum Gasteiger partial charge on any atom is -0.381 e. The van der Waals surface area contributed by atoms with E-state index in [0.717, 1.165) is 12.2 Å². The van der Waals surface area contributed by atoms with Crippen LogP contribution in [-0.2, 0) is 6.54 Å². The third-order valence-electron chi connectivity index (χ3n) is 2.72. The van der Waals surface area contributed by atoms with Crippen molar-refractivity contribution in [1.82, 2.24) is 9.88 Å². The van der Waals surface area contributed by atoms with Crippen molar-refractivity contribution in [2.45, 2.75) is 6.54 Å². The molecule has 0 saturated carbocycles. The average molecular weight is 255 g/mol. The third kappa shape index (κ3) is 3.55. The Bertz CT molecular complexity index is 552. The molecule has 4 heteroatoms. The van der Waals surface area contributed by atoms with Crippen LogP contribution in [0.15, 0.2) is 48.7 Å². The summed E-state index contributed by atoms with van der Waals surface area (Å²) in [5, 5.41) is 3.28. The monoisotopic (exact) mass is 255 g/mol. The predicted molar refractivity (Wildman–Crippen MR) is 76.0 cm³/mol. The van der Waals surface area contributed by atoms with E-state index < -0.39 is 0 Å². The van der Waals surface area contributed by atoms with Crippen LogP contribution in [0.25, 0.3) is 0 Å². The highest BCUT2D eigenvalue weighted by molar-refractivity contribution is 5.92. The van der Waals surface area contributed by atoms with Crippen LogP contribution in [-0.4, -0.2) is 29.9 Å². The van der Waals surface area contributed by atoms with E-state index in [1.807, 2.05) is 24.3 Å². The first-order valence-electron chi connectivity index (χ1n) is 6.12. The zero-order valence-corrected chi connectivity index (χ0v) is 11.1. The summed E-state index contributed by atoms with van der Waals surface area (Å²) in [6.07, 6.45) is 1.64. The molecule has 0 spiro atoms. The van der Waals surface area contributed by atoms with Gasteiger partial charge in [-0.1, -0.05) is 30.3 Å². The fourth-order valence-corrected chi connectivity index (χ4v) is 1.69. The second kappa shape index (κ2) is 6.00. The zero-order valence-electron chi connectivity index (χ0n) is 11.1. The Morgan fingerprint density at radius 3 is 2.63 bits per heavy atom. The number of benzene rings is 1. The van der Waals surface area contributed by atoms with Gasteiger partial charge in [0, 0.05) is 32.5 Å². The Labute approximate surface area is 113 Å². The van der Waals surface area contributed by atoms with Crippen LogP contribution < -0.4 is 5.32 Å². The smallest absolute Gasteiger partial charge is 0.272 e. The molecule has 0 fully saturated rings. The molecular weight excluding hydrogens is 238 g/mol. The Balaban J connectivity index is 2.05. The van der Waals surface area contributed by atoms with Crippen molar-refractivity contribution in [3.63, 3.8) is 0 Å². The molecular formula is C15H17N3O. The highest BCUT2D eigenvalue weighted by atomic mass is 16.2. The van der Waals surface area contributed by atoms with Gasteiger partial charge >= 0.3 is 0 Å². The molecule has 4 nitrogen and oxygen atoms in total. The maximum atomic E-state index is 11.8. The zero-order chi connectivity index (χ0) is 13.7. The van der Waals surface area contributed by atoms with Gasteiger partial charge in [0.25, 0.3) is 5.91 Å². The number of amides is 1. The molecule has 0 unspecified atom stereocenters. The molecule has 1 aromatic carbocycles. The quantitative estimate of drug-likeness (QED) is 0.912. The molecule has 1 N–H and O–H groups in total. The molecule has 2 aromatic rings. The summed E-state index contributed by atoms with van der Waals surface area (Å²) < 4.78 is 0. The largest absolute Gasteiger partial charge is 0.381 e. The van der Waals surface area contributed by atoms with Gasteiger partial charge in [0.15, 0.2) is 0 Å². The van der Waals surface area contributed by atoms with Gasteiger partial charge in [-0.15, -0.1) is 0 Å². The van der Waals surface area contributed by atoms with Gasteiger partial charge < -0.3 is 10.2 Å². The highest BCUT2D eigenvalue weighted by Gasteiger charge is 2.09. The third-order valence-corrected chi connectivity index (χ3v) is 2.72. The molecule has 0 saturated heterocycles. The summed E-state index contributed by atoms with van der Waals surface area (Å²) >= 11 is 0. The van der Waals surface area contributed by atoms with Crippen molar-refractivity contribution < 1.29 is 4.79 Å². The van der Waals surface area contributed by atoms with Gasteiger partial charge in [0.2, 0.25) is 0 Å². The van der Waals surface area contributed by atoms with E-state index in [1.54, 1.807) is 26.4 Å². The van der Waals surface area contributed by atoms with Gasteiger partial charge in [0.1, 0.15) is 5.69 Å². The summed E-state index contributed by atoms with van der Waals surface area (Å²) in [6.45, 7) is 0.723. The number of aromatic nitrogens is 1. The second-order valence-electron chi connectivity index (χ2n) is 4.47. The molecule has 0 bridgehead atoms. The first-order valence-corrected chi connectivity index (χ1v) is 6.12. The first-order chi connectivity index (χ1) is 9.16. The SMILES string of the molecule is CN(C)C(=O)c1cc(NCc2ccccc2)ccn1. The standard InChI is InChI=1S/C15H17N3O/c1-18(2)15(19)14-10-13(8-9-16-14)17-11-12-6-4-3-5-7-12/h3-10H,11H2,1-2H3,(H,16,17). The van der Waals surface area contributed by atoms with Gasteiger partial charge in [0.05, 0.1) is 0 Å². The van der Waals surface area contributed by atoms with Crippen LogP contribution in [0.5, 0.6) is 0 Å².